The molecule has 0 saturated carbocycles. The van der Waals surface area contributed by atoms with Crippen molar-refractivity contribution >= 4 is 22.9 Å². The Bertz CT molecular complexity index is 933. The fraction of sp³-hybridized carbons (Fsp3) is 0.125. The molecule has 4 nitrogen and oxygen atoms in total. The van der Waals surface area contributed by atoms with Crippen LogP contribution in [0.5, 0.6) is 5.75 Å². The van der Waals surface area contributed by atoms with Gasteiger partial charge >= 0.3 is 5.97 Å². The number of anilines is 1. The monoisotopic (exact) mass is 373 g/mol. The maximum absolute atomic E-state index is 12.9. The molecule has 142 valence electrons. The molecule has 0 heterocycles. The molecule has 0 fully saturated rings. The predicted molar refractivity (Wildman–Crippen MR) is 113 cm³/mol. The Morgan fingerprint density at radius 2 is 1.39 bits per heavy atom. The second-order valence-electron chi connectivity index (χ2n) is 6.06. The van der Waals surface area contributed by atoms with Gasteiger partial charge in [0, 0.05) is 5.69 Å². The maximum Gasteiger partial charge on any atom is 0.340 e. The summed E-state index contributed by atoms with van der Waals surface area (Å²) in [5, 5.41) is 3.41. The van der Waals surface area contributed by atoms with E-state index in [1.54, 1.807) is 14.0 Å². The largest absolute Gasteiger partial charge is 0.497 e. The summed E-state index contributed by atoms with van der Waals surface area (Å²) in [6.45, 7) is 2.11. The smallest absolute Gasteiger partial charge is 0.340 e. The van der Waals surface area contributed by atoms with E-state index >= 15 is 0 Å². The van der Waals surface area contributed by atoms with Gasteiger partial charge in [0.05, 0.1) is 25.0 Å². The van der Waals surface area contributed by atoms with E-state index in [0.29, 0.717) is 17.9 Å². The molecule has 0 unspecified atom stereocenters. The lowest BCUT2D eigenvalue weighted by Crippen LogP contribution is -2.13. The second-order valence-corrected chi connectivity index (χ2v) is 6.06. The summed E-state index contributed by atoms with van der Waals surface area (Å²) in [5.41, 5.74) is 3.71. The van der Waals surface area contributed by atoms with Crippen LogP contribution in [0.3, 0.4) is 0 Å². The van der Waals surface area contributed by atoms with Crippen LogP contribution >= 0.6 is 0 Å². The molecule has 0 aliphatic heterocycles. The summed E-state index contributed by atoms with van der Waals surface area (Å²) < 4.78 is 10.6. The zero-order valence-electron chi connectivity index (χ0n) is 16.0. The van der Waals surface area contributed by atoms with Crippen LogP contribution in [0.15, 0.2) is 84.9 Å². The number of benzene rings is 3. The van der Waals surface area contributed by atoms with Gasteiger partial charge in [-0.15, -0.1) is 0 Å². The number of methoxy groups -OCH3 is 1. The highest BCUT2D eigenvalue weighted by atomic mass is 16.5. The maximum atomic E-state index is 12.9. The van der Waals surface area contributed by atoms with Crippen LogP contribution in [-0.2, 0) is 9.53 Å². The Hall–Kier alpha value is -3.53. The average molecular weight is 373 g/mol. The molecule has 0 bridgehead atoms. The zero-order chi connectivity index (χ0) is 19.8. The molecular formula is C24H23NO3. The molecule has 0 radical (unpaired) electrons. The quantitative estimate of drug-likeness (QED) is 0.350. The first kappa shape index (κ1) is 19.2. The van der Waals surface area contributed by atoms with E-state index in [4.69, 9.17) is 9.47 Å². The molecule has 4 heteroatoms. The third-order valence-corrected chi connectivity index (χ3v) is 4.21. The normalized spacial score (nSPS) is 11.4. The molecule has 0 aliphatic carbocycles. The summed E-state index contributed by atoms with van der Waals surface area (Å²) in [7, 11) is 1.63. The Morgan fingerprint density at radius 1 is 0.821 bits per heavy atom. The van der Waals surface area contributed by atoms with Crippen LogP contribution in [0.4, 0.5) is 5.69 Å². The number of ether oxygens (including phenoxy) is 2. The van der Waals surface area contributed by atoms with E-state index in [0.717, 1.165) is 22.6 Å². The van der Waals surface area contributed by atoms with Gasteiger partial charge in [0.25, 0.3) is 0 Å². The van der Waals surface area contributed by atoms with Crippen LogP contribution in [0.25, 0.3) is 11.3 Å². The van der Waals surface area contributed by atoms with Crippen molar-refractivity contribution in [3.05, 3.63) is 96.1 Å². The average Bonchev–Trinajstić information content (AvgIpc) is 2.75. The molecule has 28 heavy (non-hydrogen) atoms. The molecule has 0 aromatic heterocycles. The Labute approximate surface area is 165 Å². The lowest BCUT2D eigenvalue weighted by molar-refractivity contribution is -0.136. The highest BCUT2D eigenvalue weighted by molar-refractivity contribution is 6.25. The minimum Gasteiger partial charge on any atom is -0.497 e. The fourth-order valence-electron chi connectivity index (χ4n) is 2.87. The van der Waals surface area contributed by atoms with Crippen LogP contribution in [0.1, 0.15) is 18.1 Å². The lowest BCUT2D eigenvalue weighted by Gasteiger charge is -2.18. The Morgan fingerprint density at radius 3 is 1.93 bits per heavy atom. The van der Waals surface area contributed by atoms with Crippen molar-refractivity contribution in [3.8, 4) is 5.75 Å². The summed E-state index contributed by atoms with van der Waals surface area (Å²) in [6, 6.07) is 26.9. The topological polar surface area (TPSA) is 47.6 Å². The number of rotatable bonds is 7. The van der Waals surface area contributed by atoms with Crippen molar-refractivity contribution in [3.63, 3.8) is 0 Å². The Kier molecular flexibility index (Phi) is 6.47. The van der Waals surface area contributed by atoms with Crippen LogP contribution < -0.4 is 10.1 Å². The number of carbonyl (C=O) groups is 1. The molecule has 3 rings (SSSR count). The van der Waals surface area contributed by atoms with E-state index in [1.807, 2.05) is 84.9 Å². The van der Waals surface area contributed by atoms with Gasteiger partial charge in [0.1, 0.15) is 5.75 Å². The van der Waals surface area contributed by atoms with E-state index in [2.05, 4.69) is 5.32 Å². The molecule has 1 N–H and O–H groups in total. The van der Waals surface area contributed by atoms with Gasteiger partial charge in [-0.1, -0.05) is 60.7 Å². The molecule has 0 atom stereocenters. The van der Waals surface area contributed by atoms with Gasteiger partial charge in [0.2, 0.25) is 0 Å². The predicted octanol–water partition coefficient (Wildman–Crippen LogP) is 5.24. The molecule has 0 amide bonds. The van der Waals surface area contributed by atoms with Crippen molar-refractivity contribution < 1.29 is 14.3 Å². The van der Waals surface area contributed by atoms with E-state index in [-0.39, 0.29) is 5.97 Å². The molecule has 3 aromatic rings. The van der Waals surface area contributed by atoms with Crippen molar-refractivity contribution in [1.82, 2.24) is 0 Å². The van der Waals surface area contributed by atoms with Crippen LogP contribution in [0, 0.1) is 0 Å². The van der Waals surface area contributed by atoms with Gasteiger partial charge < -0.3 is 14.8 Å². The molecule has 3 aromatic carbocycles. The highest BCUT2D eigenvalue weighted by Crippen LogP contribution is 2.29. The number of hydrogen-bond donors (Lipinski definition) is 1. The van der Waals surface area contributed by atoms with E-state index < -0.39 is 0 Å². The minimum absolute atomic E-state index is 0.305. The van der Waals surface area contributed by atoms with Crippen molar-refractivity contribution in [2.75, 3.05) is 19.0 Å². The number of esters is 1. The Balaban J connectivity index is 2.16. The number of carbonyl (C=O) groups excluding carboxylic acids is 1. The first-order chi connectivity index (χ1) is 13.7. The molecule has 0 aliphatic rings. The van der Waals surface area contributed by atoms with E-state index in [9.17, 15) is 4.79 Å². The summed E-state index contributed by atoms with van der Waals surface area (Å²) in [4.78, 5) is 12.9. The highest BCUT2D eigenvalue weighted by Gasteiger charge is 2.20. The van der Waals surface area contributed by atoms with Gasteiger partial charge in [-0.05, 0) is 42.3 Å². The lowest BCUT2D eigenvalue weighted by atomic mass is 9.99. The van der Waals surface area contributed by atoms with E-state index in [1.165, 1.54) is 0 Å². The van der Waals surface area contributed by atoms with Gasteiger partial charge in [-0.25, -0.2) is 4.79 Å². The third-order valence-electron chi connectivity index (χ3n) is 4.21. The van der Waals surface area contributed by atoms with Crippen molar-refractivity contribution in [2.45, 2.75) is 6.92 Å². The van der Waals surface area contributed by atoms with Gasteiger partial charge in [-0.2, -0.15) is 0 Å². The zero-order valence-corrected chi connectivity index (χ0v) is 16.0. The minimum atomic E-state index is -0.367. The molecular weight excluding hydrogens is 350 g/mol. The summed E-state index contributed by atoms with van der Waals surface area (Å²) in [5.74, 6) is 0.401. The number of hydrogen-bond acceptors (Lipinski definition) is 4. The second kappa shape index (κ2) is 9.42. The first-order valence-electron chi connectivity index (χ1n) is 9.16. The summed E-state index contributed by atoms with van der Waals surface area (Å²) >= 11 is 0. The van der Waals surface area contributed by atoms with Gasteiger partial charge in [0.15, 0.2) is 0 Å². The standard InChI is InChI=1S/C24H23NO3/c1-3-28-24(26)22(18-10-6-4-7-11-18)23(19-12-8-5-9-13-19)25-20-14-16-21(27-2)17-15-20/h4-17,25H,3H2,1-2H3/b23-22+. The SMILES string of the molecule is CCOC(=O)/C(=C(/Nc1ccc(OC)cc1)c1ccccc1)c1ccccc1. The number of nitrogens with one attached hydrogen (secondary N) is 1. The first-order valence-corrected chi connectivity index (χ1v) is 9.16. The van der Waals surface area contributed by atoms with Crippen molar-refractivity contribution in [2.24, 2.45) is 0 Å². The van der Waals surface area contributed by atoms with Gasteiger partial charge in [-0.3, -0.25) is 0 Å². The van der Waals surface area contributed by atoms with Crippen LogP contribution in [-0.4, -0.2) is 19.7 Å². The summed E-state index contributed by atoms with van der Waals surface area (Å²) in [6.07, 6.45) is 0. The van der Waals surface area contributed by atoms with Crippen LogP contribution in [0.2, 0.25) is 0 Å². The third kappa shape index (κ3) is 4.60. The van der Waals surface area contributed by atoms with Crippen molar-refractivity contribution in [1.29, 1.82) is 0 Å². The fourth-order valence-corrected chi connectivity index (χ4v) is 2.87. The molecule has 0 saturated heterocycles. The molecule has 0 spiro atoms.